The van der Waals surface area contributed by atoms with Gasteiger partial charge in [0, 0.05) is 19.5 Å². The lowest BCUT2D eigenvalue weighted by Gasteiger charge is -2.26. The number of oxime groups is 1. The first-order chi connectivity index (χ1) is 7.15. The van der Waals surface area contributed by atoms with Crippen LogP contribution in [0.3, 0.4) is 0 Å². The van der Waals surface area contributed by atoms with Crippen molar-refractivity contribution in [3.63, 3.8) is 0 Å². The molecule has 0 aliphatic carbocycles. The summed E-state index contributed by atoms with van der Waals surface area (Å²) in [6.07, 6.45) is 4.46. The molecular weight excluding hydrogens is 190 g/mol. The van der Waals surface area contributed by atoms with Gasteiger partial charge in [0.15, 0.2) is 0 Å². The van der Waals surface area contributed by atoms with Crippen LogP contribution in [0.15, 0.2) is 5.16 Å². The highest BCUT2D eigenvalue weighted by atomic mass is 16.4. The lowest BCUT2D eigenvalue weighted by molar-refractivity contribution is 0.243. The highest BCUT2D eigenvalue weighted by Crippen LogP contribution is 2.36. The highest BCUT2D eigenvalue weighted by molar-refractivity contribution is 5.79. The summed E-state index contributed by atoms with van der Waals surface area (Å²) in [7, 11) is 0. The van der Waals surface area contributed by atoms with Gasteiger partial charge < -0.3 is 15.8 Å². The maximum atomic E-state index is 8.45. The standard InChI is InChI=1S/C11H23N3O/c1-3-11(4-2)6-8-14(9-11)7-5-10(12)13-15/h15H,3-9H2,1-2H3,(H2,12,13). The van der Waals surface area contributed by atoms with Crippen LogP contribution in [-0.2, 0) is 0 Å². The van der Waals surface area contributed by atoms with Gasteiger partial charge in [-0.2, -0.15) is 0 Å². The molecule has 1 saturated heterocycles. The number of hydrogen-bond donors (Lipinski definition) is 2. The van der Waals surface area contributed by atoms with E-state index < -0.39 is 0 Å². The van der Waals surface area contributed by atoms with E-state index in [1.807, 2.05) is 0 Å². The van der Waals surface area contributed by atoms with Crippen molar-refractivity contribution in [1.82, 2.24) is 4.90 Å². The molecular formula is C11H23N3O. The largest absolute Gasteiger partial charge is 0.409 e. The minimum Gasteiger partial charge on any atom is -0.409 e. The number of hydrogen-bond acceptors (Lipinski definition) is 3. The molecule has 3 N–H and O–H groups in total. The first-order valence-electron chi connectivity index (χ1n) is 5.84. The molecule has 0 aromatic heterocycles. The summed E-state index contributed by atoms with van der Waals surface area (Å²) >= 11 is 0. The molecule has 1 fully saturated rings. The number of likely N-dealkylation sites (tertiary alicyclic amines) is 1. The number of nitrogens with zero attached hydrogens (tertiary/aromatic N) is 2. The first kappa shape index (κ1) is 12.3. The lowest BCUT2D eigenvalue weighted by atomic mass is 9.82. The van der Waals surface area contributed by atoms with Crippen LogP contribution in [-0.4, -0.2) is 35.6 Å². The fourth-order valence-corrected chi connectivity index (χ4v) is 2.37. The van der Waals surface area contributed by atoms with E-state index in [0.717, 1.165) is 13.1 Å². The molecule has 0 unspecified atom stereocenters. The normalized spacial score (nSPS) is 22.1. The summed E-state index contributed by atoms with van der Waals surface area (Å²) < 4.78 is 0. The average molecular weight is 213 g/mol. The Morgan fingerprint density at radius 1 is 1.47 bits per heavy atom. The minimum absolute atomic E-state index is 0.334. The maximum absolute atomic E-state index is 8.45. The van der Waals surface area contributed by atoms with Crippen molar-refractivity contribution < 1.29 is 5.21 Å². The van der Waals surface area contributed by atoms with Crippen molar-refractivity contribution in [3.8, 4) is 0 Å². The molecule has 0 aromatic rings. The molecule has 0 radical (unpaired) electrons. The van der Waals surface area contributed by atoms with E-state index in [2.05, 4.69) is 23.9 Å². The molecule has 1 aliphatic rings. The molecule has 0 bridgehead atoms. The van der Waals surface area contributed by atoms with Crippen molar-refractivity contribution in [3.05, 3.63) is 0 Å². The van der Waals surface area contributed by atoms with Gasteiger partial charge in [0.2, 0.25) is 0 Å². The van der Waals surface area contributed by atoms with E-state index in [0.29, 0.717) is 17.7 Å². The summed E-state index contributed by atoms with van der Waals surface area (Å²) in [6.45, 7) is 7.78. The van der Waals surface area contributed by atoms with E-state index in [-0.39, 0.29) is 0 Å². The molecule has 4 nitrogen and oxygen atoms in total. The monoisotopic (exact) mass is 213 g/mol. The third-order valence-electron chi connectivity index (χ3n) is 3.83. The predicted molar refractivity (Wildman–Crippen MR) is 62.1 cm³/mol. The van der Waals surface area contributed by atoms with E-state index in [1.165, 1.54) is 25.8 Å². The molecule has 0 spiro atoms. The zero-order valence-corrected chi connectivity index (χ0v) is 9.87. The summed E-state index contributed by atoms with van der Waals surface area (Å²) in [5.41, 5.74) is 5.98. The zero-order valence-electron chi connectivity index (χ0n) is 9.87. The van der Waals surface area contributed by atoms with E-state index >= 15 is 0 Å². The Morgan fingerprint density at radius 2 is 2.13 bits per heavy atom. The van der Waals surface area contributed by atoms with Crippen molar-refractivity contribution in [1.29, 1.82) is 0 Å². The Labute approximate surface area is 92.1 Å². The molecule has 88 valence electrons. The van der Waals surface area contributed by atoms with Crippen LogP contribution in [0.1, 0.15) is 39.5 Å². The Kier molecular flexibility index (Phi) is 4.39. The van der Waals surface area contributed by atoms with Crippen LogP contribution in [0.2, 0.25) is 0 Å². The molecule has 0 saturated carbocycles. The summed E-state index contributed by atoms with van der Waals surface area (Å²) in [5.74, 6) is 0.334. The van der Waals surface area contributed by atoms with Gasteiger partial charge >= 0.3 is 0 Å². The van der Waals surface area contributed by atoms with E-state index in [9.17, 15) is 0 Å². The number of rotatable bonds is 5. The van der Waals surface area contributed by atoms with Crippen LogP contribution in [0.5, 0.6) is 0 Å². The summed E-state index contributed by atoms with van der Waals surface area (Å²) in [5, 5.41) is 11.4. The Bertz CT molecular complexity index is 224. The van der Waals surface area contributed by atoms with Crippen LogP contribution in [0, 0.1) is 5.41 Å². The van der Waals surface area contributed by atoms with Gasteiger partial charge in [-0.25, -0.2) is 0 Å². The van der Waals surface area contributed by atoms with Gasteiger partial charge in [0.1, 0.15) is 5.84 Å². The predicted octanol–water partition coefficient (Wildman–Crippen LogP) is 1.63. The molecule has 1 rings (SSSR count). The fourth-order valence-electron chi connectivity index (χ4n) is 2.37. The lowest BCUT2D eigenvalue weighted by Crippen LogP contribution is -2.29. The first-order valence-corrected chi connectivity index (χ1v) is 5.84. The Morgan fingerprint density at radius 3 is 2.60 bits per heavy atom. The second-order valence-electron chi connectivity index (χ2n) is 4.57. The van der Waals surface area contributed by atoms with Crippen LogP contribution >= 0.6 is 0 Å². The summed E-state index contributed by atoms with van der Waals surface area (Å²) in [6, 6.07) is 0. The van der Waals surface area contributed by atoms with Crippen molar-refractivity contribution >= 4 is 5.84 Å². The molecule has 15 heavy (non-hydrogen) atoms. The van der Waals surface area contributed by atoms with Gasteiger partial charge in [-0.3, -0.25) is 0 Å². The van der Waals surface area contributed by atoms with Gasteiger partial charge in [0.05, 0.1) is 0 Å². The minimum atomic E-state index is 0.334. The van der Waals surface area contributed by atoms with Gasteiger partial charge in [-0.1, -0.05) is 19.0 Å². The van der Waals surface area contributed by atoms with Crippen LogP contribution in [0.4, 0.5) is 0 Å². The molecule has 0 atom stereocenters. The second kappa shape index (κ2) is 5.35. The second-order valence-corrected chi connectivity index (χ2v) is 4.57. The van der Waals surface area contributed by atoms with Crippen molar-refractivity contribution in [2.24, 2.45) is 16.3 Å². The van der Waals surface area contributed by atoms with Crippen molar-refractivity contribution in [2.45, 2.75) is 39.5 Å². The molecule has 0 amide bonds. The number of amidine groups is 1. The highest BCUT2D eigenvalue weighted by Gasteiger charge is 2.34. The van der Waals surface area contributed by atoms with Gasteiger partial charge in [0.25, 0.3) is 0 Å². The quantitative estimate of drug-likeness (QED) is 0.316. The third kappa shape index (κ3) is 3.09. The molecule has 1 heterocycles. The van der Waals surface area contributed by atoms with Crippen LogP contribution in [0.25, 0.3) is 0 Å². The molecule has 0 aromatic carbocycles. The molecule has 4 heteroatoms. The average Bonchev–Trinajstić information content (AvgIpc) is 2.70. The Hall–Kier alpha value is -0.770. The maximum Gasteiger partial charge on any atom is 0.140 e. The Balaban J connectivity index is 2.36. The SMILES string of the molecule is CCC1(CC)CCN(CCC(N)=NO)C1. The van der Waals surface area contributed by atoms with Crippen LogP contribution < -0.4 is 5.73 Å². The van der Waals surface area contributed by atoms with Gasteiger partial charge in [-0.05, 0) is 31.2 Å². The smallest absolute Gasteiger partial charge is 0.140 e. The van der Waals surface area contributed by atoms with Gasteiger partial charge in [-0.15, -0.1) is 0 Å². The van der Waals surface area contributed by atoms with Crippen molar-refractivity contribution in [2.75, 3.05) is 19.6 Å². The number of nitrogens with two attached hydrogens (primary N) is 1. The topological polar surface area (TPSA) is 61.8 Å². The summed E-state index contributed by atoms with van der Waals surface area (Å²) in [4.78, 5) is 2.42. The fraction of sp³-hybridized carbons (Fsp3) is 0.909. The third-order valence-corrected chi connectivity index (χ3v) is 3.83. The van der Waals surface area contributed by atoms with E-state index in [4.69, 9.17) is 10.9 Å². The molecule has 1 aliphatic heterocycles. The zero-order chi connectivity index (χ0) is 11.3. The van der Waals surface area contributed by atoms with E-state index in [1.54, 1.807) is 0 Å².